The molecule has 1 aliphatic heterocycles. The van der Waals surface area contributed by atoms with E-state index in [1.165, 1.54) is 0 Å². The summed E-state index contributed by atoms with van der Waals surface area (Å²) in [4.78, 5) is 1.79. The van der Waals surface area contributed by atoms with Gasteiger partial charge in [0.05, 0.1) is 19.1 Å². The summed E-state index contributed by atoms with van der Waals surface area (Å²) in [5.41, 5.74) is 5.14. The van der Waals surface area contributed by atoms with Gasteiger partial charge in [-0.25, -0.2) is 0 Å². The number of morpholine rings is 1. The maximum absolute atomic E-state index is 12.5. The topological polar surface area (TPSA) is 38.5 Å². The predicted octanol–water partition coefficient (Wildman–Crippen LogP) is 0.844. The molecular weight excluding hydrogens is 209 g/mol. The van der Waals surface area contributed by atoms with Crippen LogP contribution in [0, 0.1) is 5.92 Å². The molecule has 0 aromatic carbocycles. The summed E-state index contributed by atoms with van der Waals surface area (Å²) in [6.45, 7) is 3.03. The fraction of sp³-hybridized carbons (Fsp3) is 1.00. The minimum Gasteiger partial charge on any atom is -0.379 e. The highest BCUT2D eigenvalue weighted by Gasteiger charge is 2.40. The first-order valence-electron chi connectivity index (χ1n) is 5.03. The van der Waals surface area contributed by atoms with Gasteiger partial charge < -0.3 is 10.5 Å². The highest BCUT2D eigenvalue weighted by atomic mass is 19.4. The van der Waals surface area contributed by atoms with Crippen molar-refractivity contribution in [3.8, 4) is 0 Å². The summed E-state index contributed by atoms with van der Waals surface area (Å²) in [6.07, 6.45) is -4.20. The van der Waals surface area contributed by atoms with Gasteiger partial charge in [0.15, 0.2) is 0 Å². The van der Waals surface area contributed by atoms with E-state index in [1.807, 2.05) is 6.92 Å². The molecule has 0 bridgehead atoms. The lowest BCUT2D eigenvalue weighted by atomic mass is 10.1. The van der Waals surface area contributed by atoms with Crippen LogP contribution in [0.15, 0.2) is 0 Å². The third kappa shape index (κ3) is 3.62. The molecule has 1 heterocycles. The lowest BCUT2D eigenvalue weighted by Crippen LogP contribution is -2.49. The first-order valence-corrected chi connectivity index (χ1v) is 5.03. The van der Waals surface area contributed by atoms with Crippen LogP contribution in [-0.4, -0.2) is 50.0 Å². The van der Waals surface area contributed by atoms with Crippen LogP contribution >= 0.6 is 0 Å². The number of nitrogens with two attached hydrogens (primary N) is 1. The van der Waals surface area contributed by atoms with Crippen LogP contribution in [0.25, 0.3) is 0 Å². The summed E-state index contributed by atoms with van der Waals surface area (Å²) in [5, 5.41) is 0. The Bertz CT molecular complexity index is 198. The molecule has 0 aromatic rings. The van der Waals surface area contributed by atoms with Crippen molar-refractivity contribution in [1.29, 1.82) is 0 Å². The fourth-order valence-electron chi connectivity index (χ4n) is 1.63. The van der Waals surface area contributed by atoms with Crippen LogP contribution in [0.3, 0.4) is 0 Å². The Balaban J connectivity index is 2.50. The van der Waals surface area contributed by atoms with Gasteiger partial charge >= 0.3 is 6.18 Å². The van der Waals surface area contributed by atoms with E-state index in [-0.39, 0.29) is 19.1 Å². The lowest BCUT2D eigenvalue weighted by Gasteiger charge is -2.35. The summed E-state index contributed by atoms with van der Waals surface area (Å²) in [6, 6.07) is 0.0372. The van der Waals surface area contributed by atoms with Crippen molar-refractivity contribution in [3.63, 3.8) is 0 Å². The Morgan fingerprint density at radius 2 is 2.20 bits per heavy atom. The lowest BCUT2D eigenvalue weighted by molar-refractivity contribution is -0.180. The van der Waals surface area contributed by atoms with E-state index in [0.29, 0.717) is 19.8 Å². The van der Waals surface area contributed by atoms with E-state index < -0.39 is 12.1 Å². The second kappa shape index (κ2) is 5.14. The van der Waals surface area contributed by atoms with E-state index in [9.17, 15) is 13.2 Å². The molecule has 1 rings (SSSR count). The second-order valence-corrected chi connectivity index (χ2v) is 3.89. The monoisotopic (exact) mass is 226 g/mol. The average molecular weight is 226 g/mol. The third-order valence-electron chi connectivity index (χ3n) is 2.71. The molecule has 1 aliphatic rings. The molecule has 2 N–H and O–H groups in total. The van der Waals surface area contributed by atoms with Crippen molar-refractivity contribution in [2.24, 2.45) is 11.7 Å². The number of hydrogen-bond acceptors (Lipinski definition) is 3. The van der Waals surface area contributed by atoms with Gasteiger partial charge in [-0.15, -0.1) is 0 Å². The van der Waals surface area contributed by atoms with Gasteiger partial charge in [0.1, 0.15) is 0 Å². The Hall–Kier alpha value is -0.330. The average Bonchev–Trinajstić information content (AvgIpc) is 2.14. The molecule has 1 saturated heterocycles. The Morgan fingerprint density at radius 3 is 2.67 bits per heavy atom. The van der Waals surface area contributed by atoms with Crippen molar-refractivity contribution >= 4 is 0 Å². The van der Waals surface area contributed by atoms with Crippen LogP contribution in [0.5, 0.6) is 0 Å². The van der Waals surface area contributed by atoms with Gasteiger partial charge in [0.25, 0.3) is 0 Å². The zero-order chi connectivity index (χ0) is 11.5. The molecule has 0 saturated carbocycles. The van der Waals surface area contributed by atoms with Crippen LogP contribution in [0.4, 0.5) is 13.2 Å². The molecular formula is C9H17F3N2O. The maximum atomic E-state index is 12.5. The molecule has 6 heteroatoms. The third-order valence-corrected chi connectivity index (χ3v) is 2.71. The summed E-state index contributed by atoms with van der Waals surface area (Å²) >= 11 is 0. The van der Waals surface area contributed by atoms with E-state index in [4.69, 9.17) is 10.5 Å². The SMILES string of the molecule is CC1COCCN1CC(CN)C(F)(F)F. The number of ether oxygens (including phenoxy) is 1. The number of halogens is 3. The van der Waals surface area contributed by atoms with Crippen molar-refractivity contribution in [1.82, 2.24) is 4.90 Å². The normalized spacial score (nSPS) is 26.6. The van der Waals surface area contributed by atoms with Crippen LogP contribution in [-0.2, 0) is 4.74 Å². The van der Waals surface area contributed by atoms with E-state index in [2.05, 4.69) is 0 Å². The first kappa shape index (κ1) is 12.7. The maximum Gasteiger partial charge on any atom is 0.394 e. The van der Waals surface area contributed by atoms with Gasteiger partial charge in [-0.3, -0.25) is 4.90 Å². The van der Waals surface area contributed by atoms with Gasteiger partial charge in [-0.1, -0.05) is 0 Å². The molecule has 0 spiro atoms. The number of nitrogens with zero attached hydrogens (tertiary/aromatic N) is 1. The number of alkyl halides is 3. The van der Waals surface area contributed by atoms with Gasteiger partial charge in [-0.05, 0) is 6.92 Å². The van der Waals surface area contributed by atoms with E-state index in [0.717, 1.165) is 0 Å². The molecule has 2 unspecified atom stereocenters. The fourth-order valence-corrected chi connectivity index (χ4v) is 1.63. The van der Waals surface area contributed by atoms with Gasteiger partial charge in [0, 0.05) is 25.7 Å². The Morgan fingerprint density at radius 1 is 1.53 bits per heavy atom. The summed E-state index contributed by atoms with van der Waals surface area (Å²) in [7, 11) is 0. The molecule has 3 nitrogen and oxygen atoms in total. The Kier molecular flexibility index (Phi) is 4.36. The van der Waals surface area contributed by atoms with E-state index >= 15 is 0 Å². The van der Waals surface area contributed by atoms with Crippen molar-refractivity contribution in [2.45, 2.75) is 19.1 Å². The predicted molar refractivity (Wildman–Crippen MR) is 50.5 cm³/mol. The van der Waals surface area contributed by atoms with Gasteiger partial charge in [0.2, 0.25) is 0 Å². The van der Waals surface area contributed by atoms with Crippen molar-refractivity contribution in [3.05, 3.63) is 0 Å². The zero-order valence-corrected chi connectivity index (χ0v) is 8.76. The quantitative estimate of drug-likeness (QED) is 0.775. The molecule has 15 heavy (non-hydrogen) atoms. The minimum absolute atomic E-state index is 0.0233. The molecule has 2 atom stereocenters. The van der Waals surface area contributed by atoms with Crippen LogP contribution in [0.1, 0.15) is 6.92 Å². The number of rotatable bonds is 3. The van der Waals surface area contributed by atoms with Gasteiger partial charge in [-0.2, -0.15) is 13.2 Å². The Labute approximate surface area is 87.4 Å². The van der Waals surface area contributed by atoms with Crippen molar-refractivity contribution < 1.29 is 17.9 Å². The second-order valence-electron chi connectivity index (χ2n) is 3.89. The van der Waals surface area contributed by atoms with E-state index in [1.54, 1.807) is 4.90 Å². The van der Waals surface area contributed by atoms with Crippen LogP contribution < -0.4 is 5.73 Å². The molecule has 0 aromatic heterocycles. The summed E-state index contributed by atoms with van der Waals surface area (Å²) < 4.78 is 42.6. The summed E-state index contributed by atoms with van der Waals surface area (Å²) in [5.74, 6) is -1.43. The minimum atomic E-state index is -4.20. The smallest absolute Gasteiger partial charge is 0.379 e. The van der Waals surface area contributed by atoms with Crippen molar-refractivity contribution in [2.75, 3.05) is 32.8 Å². The highest BCUT2D eigenvalue weighted by molar-refractivity contribution is 4.78. The first-order chi connectivity index (χ1) is 6.95. The number of hydrogen-bond donors (Lipinski definition) is 1. The van der Waals surface area contributed by atoms with Crippen LogP contribution in [0.2, 0.25) is 0 Å². The zero-order valence-electron chi connectivity index (χ0n) is 8.76. The largest absolute Gasteiger partial charge is 0.394 e. The molecule has 90 valence electrons. The molecule has 0 amide bonds. The molecule has 1 fully saturated rings. The highest BCUT2D eigenvalue weighted by Crippen LogP contribution is 2.27. The standard InChI is InChI=1S/C9H17F3N2O/c1-7-6-15-3-2-14(7)5-8(4-13)9(10,11)12/h7-8H,2-6,13H2,1H3. The molecule has 0 radical (unpaired) electrons. The molecule has 0 aliphatic carbocycles.